The lowest BCUT2D eigenvalue weighted by Crippen LogP contribution is -2.44. The average molecular weight is 285 g/mol. The van der Waals surface area contributed by atoms with Gasteiger partial charge in [-0.15, -0.1) is 0 Å². The fraction of sp³-hybridized carbons (Fsp3) is 0.933. The van der Waals surface area contributed by atoms with Gasteiger partial charge in [-0.2, -0.15) is 0 Å². The lowest BCUT2D eigenvalue weighted by atomic mass is 10.1. The number of rotatable bonds is 5. The molecule has 1 heterocycles. The number of hydrogen-bond donors (Lipinski definition) is 1. The third-order valence-corrected chi connectivity index (χ3v) is 3.52. The van der Waals surface area contributed by atoms with Crippen LogP contribution in [0.4, 0.5) is 4.79 Å². The van der Waals surface area contributed by atoms with Crippen LogP contribution in [0.25, 0.3) is 0 Å². The summed E-state index contributed by atoms with van der Waals surface area (Å²) in [6.45, 7) is 14.3. The van der Waals surface area contributed by atoms with E-state index in [4.69, 9.17) is 10.5 Å². The van der Waals surface area contributed by atoms with Gasteiger partial charge < -0.3 is 20.3 Å². The van der Waals surface area contributed by atoms with Crippen LogP contribution in [0.1, 0.15) is 41.0 Å². The van der Waals surface area contributed by atoms with E-state index >= 15 is 0 Å². The smallest absolute Gasteiger partial charge is 0.410 e. The van der Waals surface area contributed by atoms with Crippen molar-refractivity contribution in [3.8, 4) is 0 Å². The van der Waals surface area contributed by atoms with Gasteiger partial charge in [0.15, 0.2) is 0 Å². The summed E-state index contributed by atoms with van der Waals surface area (Å²) in [6, 6.07) is 0.161. The lowest BCUT2D eigenvalue weighted by Gasteiger charge is -2.32. The van der Waals surface area contributed by atoms with Gasteiger partial charge in [0.05, 0.1) is 0 Å². The average Bonchev–Trinajstić information content (AvgIpc) is 2.71. The molecule has 0 radical (unpaired) electrons. The molecular weight excluding hydrogens is 254 g/mol. The number of nitrogens with two attached hydrogens (primary N) is 1. The Labute approximate surface area is 123 Å². The molecule has 118 valence electrons. The highest BCUT2D eigenvalue weighted by Gasteiger charge is 2.29. The summed E-state index contributed by atoms with van der Waals surface area (Å²) in [4.78, 5) is 16.5. The van der Waals surface area contributed by atoms with Crippen LogP contribution in [-0.2, 0) is 4.74 Å². The number of carbonyl (C=O) groups is 1. The summed E-state index contributed by atoms with van der Waals surface area (Å²) in [5, 5.41) is 0. The van der Waals surface area contributed by atoms with Crippen LogP contribution >= 0.6 is 0 Å². The minimum atomic E-state index is -0.439. The molecule has 20 heavy (non-hydrogen) atoms. The Hall–Kier alpha value is -0.810. The molecular formula is C15H31N3O2. The highest BCUT2D eigenvalue weighted by Crippen LogP contribution is 2.20. The summed E-state index contributed by atoms with van der Waals surface area (Å²) >= 11 is 0. The second-order valence-corrected chi connectivity index (χ2v) is 6.97. The Morgan fingerprint density at radius 3 is 2.60 bits per heavy atom. The SMILES string of the molecule is CC(C)N(CC1CCN(CCN)C1)C(=O)OC(C)(C)C. The van der Waals surface area contributed by atoms with Gasteiger partial charge in [-0.05, 0) is 53.5 Å². The zero-order chi connectivity index (χ0) is 15.3. The van der Waals surface area contributed by atoms with Gasteiger partial charge in [0, 0.05) is 32.2 Å². The first-order chi connectivity index (χ1) is 9.23. The van der Waals surface area contributed by atoms with E-state index in [0.29, 0.717) is 12.5 Å². The van der Waals surface area contributed by atoms with Crippen molar-refractivity contribution < 1.29 is 9.53 Å². The lowest BCUT2D eigenvalue weighted by molar-refractivity contribution is 0.0159. The van der Waals surface area contributed by atoms with Crippen molar-refractivity contribution in [3.05, 3.63) is 0 Å². The summed E-state index contributed by atoms with van der Waals surface area (Å²) in [5.74, 6) is 0.525. The second-order valence-electron chi connectivity index (χ2n) is 6.97. The molecule has 1 fully saturated rings. The predicted molar refractivity (Wildman–Crippen MR) is 81.7 cm³/mol. The van der Waals surface area contributed by atoms with E-state index in [1.165, 1.54) is 0 Å². The third-order valence-electron chi connectivity index (χ3n) is 3.52. The third kappa shape index (κ3) is 5.67. The molecule has 5 nitrogen and oxygen atoms in total. The largest absolute Gasteiger partial charge is 0.444 e. The Balaban J connectivity index is 2.54. The Morgan fingerprint density at radius 1 is 1.45 bits per heavy atom. The van der Waals surface area contributed by atoms with Crippen molar-refractivity contribution in [2.75, 3.05) is 32.7 Å². The molecule has 1 saturated heterocycles. The minimum Gasteiger partial charge on any atom is -0.444 e. The van der Waals surface area contributed by atoms with E-state index in [0.717, 1.165) is 32.6 Å². The number of amides is 1. The monoisotopic (exact) mass is 285 g/mol. The number of nitrogens with zero attached hydrogens (tertiary/aromatic N) is 2. The number of hydrogen-bond acceptors (Lipinski definition) is 4. The zero-order valence-corrected chi connectivity index (χ0v) is 13.7. The number of likely N-dealkylation sites (tertiary alicyclic amines) is 1. The van der Waals surface area contributed by atoms with Crippen molar-refractivity contribution in [3.63, 3.8) is 0 Å². The maximum absolute atomic E-state index is 12.3. The van der Waals surface area contributed by atoms with E-state index in [2.05, 4.69) is 4.90 Å². The van der Waals surface area contributed by atoms with Crippen molar-refractivity contribution in [2.24, 2.45) is 11.7 Å². The Morgan fingerprint density at radius 2 is 2.10 bits per heavy atom. The molecule has 1 unspecified atom stereocenters. The molecule has 0 saturated carbocycles. The van der Waals surface area contributed by atoms with E-state index in [1.54, 1.807) is 0 Å². The van der Waals surface area contributed by atoms with E-state index in [-0.39, 0.29) is 12.1 Å². The standard InChI is InChI=1S/C15H31N3O2/c1-12(2)18(14(19)20-15(3,4)5)11-13-6-8-17(10-13)9-7-16/h12-13H,6-11,16H2,1-5H3. The van der Waals surface area contributed by atoms with Crippen molar-refractivity contribution in [1.29, 1.82) is 0 Å². The maximum Gasteiger partial charge on any atom is 0.410 e. The molecule has 1 rings (SSSR count). The van der Waals surface area contributed by atoms with Crippen LogP contribution < -0.4 is 5.73 Å². The van der Waals surface area contributed by atoms with Crippen LogP contribution in [-0.4, -0.2) is 60.3 Å². The van der Waals surface area contributed by atoms with Gasteiger partial charge in [0.2, 0.25) is 0 Å². The summed E-state index contributed by atoms with van der Waals surface area (Å²) in [7, 11) is 0. The zero-order valence-electron chi connectivity index (χ0n) is 13.7. The van der Waals surface area contributed by atoms with Crippen LogP contribution in [0.15, 0.2) is 0 Å². The number of carbonyl (C=O) groups excluding carboxylic acids is 1. The van der Waals surface area contributed by atoms with Crippen molar-refractivity contribution in [2.45, 2.75) is 52.7 Å². The predicted octanol–water partition coefficient (Wildman–Crippen LogP) is 1.91. The topological polar surface area (TPSA) is 58.8 Å². The summed E-state index contributed by atoms with van der Waals surface area (Å²) < 4.78 is 5.50. The Kier molecular flexibility index (Phi) is 6.27. The van der Waals surface area contributed by atoms with Crippen LogP contribution in [0.2, 0.25) is 0 Å². The fourth-order valence-corrected chi connectivity index (χ4v) is 2.54. The maximum atomic E-state index is 12.3. The first-order valence-corrected chi connectivity index (χ1v) is 7.65. The quantitative estimate of drug-likeness (QED) is 0.838. The molecule has 0 aromatic rings. The first-order valence-electron chi connectivity index (χ1n) is 7.65. The van der Waals surface area contributed by atoms with Crippen LogP contribution in [0.3, 0.4) is 0 Å². The highest BCUT2D eigenvalue weighted by atomic mass is 16.6. The van der Waals surface area contributed by atoms with Gasteiger partial charge in [0.1, 0.15) is 5.60 Å². The molecule has 1 aliphatic rings. The molecule has 0 aromatic carbocycles. The second kappa shape index (κ2) is 7.27. The summed E-state index contributed by atoms with van der Waals surface area (Å²) in [5.41, 5.74) is 5.16. The van der Waals surface area contributed by atoms with Crippen LogP contribution in [0.5, 0.6) is 0 Å². The minimum absolute atomic E-state index is 0.161. The molecule has 0 aromatic heterocycles. The van der Waals surface area contributed by atoms with Crippen molar-refractivity contribution >= 4 is 6.09 Å². The van der Waals surface area contributed by atoms with Crippen LogP contribution in [0, 0.1) is 5.92 Å². The molecule has 0 spiro atoms. The first kappa shape index (κ1) is 17.2. The van der Waals surface area contributed by atoms with E-state index in [1.807, 2.05) is 39.5 Å². The molecule has 1 aliphatic heterocycles. The van der Waals surface area contributed by atoms with Gasteiger partial charge in [-0.3, -0.25) is 0 Å². The number of ether oxygens (including phenoxy) is 1. The van der Waals surface area contributed by atoms with Gasteiger partial charge >= 0.3 is 6.09 Å². The normalized spacial score (nSPS) is 20.4. The summed E-state index contributed by atoms with van der Waals surface area (Å²) in [6.07, 6.45) is 0.927. The van der Waals surface area contributed by atoms with E-state index in [9.17, 15) is 4.79 Å². The van der Waals surface area contributed by atoms with Crippen molar-refractivity contribution in [1.82, 2.24) is 9.80 Å². The van der Waals surface area contributed by atoms with E-state index < -0.39 is 5.60 Å². The molecule has 0 aliphatic carbocycles. The highest BCUT2D eigenvalue weighted by molar-refractivity contribution is 5.68. The molecule has 5 heteroatoms. The molecule has 2 N–H and O–H groups in total. The molecule has 1 amide bonds. The Bertz CT molecular complexity index is 313. The fourth-order valence-electron chi connectivity index (χ4n) is 2.54. The van der Waals surface area contributed by atoms with Gasteiger partial charge in [-0.1, -0.05) is 0 Å². The molecule has 1 atom stereocenters. The van der Waals surface area contributed by atoms with Gasteiger partial charge in [-0.25, -0.2) is 4.79 Å². The molecule has 0 bridgehead atoms. The van der Waals surface area contributed by atoms with Gasteiger partial charge in [0.25, 0.3) is 0 Å².